The minimum Gasteiger partial charge on any atom is -0.371 e. The van der Waals surface area contributed by atoms with E-state index in [0.29, 0.717) is 0 Å². The summed E-state index contributed by atoms with van der Waals surface area (Å²) in [7, 11) is 0. The number of anilines is 2. The van der Waals surface area contributed by atoms with E-state index in [2.05, 4.69) is 5.32 Å². The highest BCUT2D eigenvalue weighted by molar-refractivity contribution is 6.45. The third kappa shape index (κ3) is 2.90. The number of hydrogen-bond donors (Lipinski definition) is 1. The molecule has 7 heteroatoms. The second-order valence-corrected chi connectivity index (χ2v) is 5.81. The molecular weight excluding hydrogens is 342 g/mol. The van der Waals surface area contributed by atoms with Crippen molar-refractivity contribution in [1.29, 1.82) is 0 Å². The van der Waals surface area contributed by atoms with E-state index in [1.165, 1.54) is 18.2 Å². The summed E-state index contributed by atoms with van der Waals surface area (Å²) in [5.41, 5.74) is 0.393. The summed E-state index contributed by atoms with van der Waals surface area (Å²) in [5.74, 6) is -1.41. The molecule has 0 saturated carbocycles. The van der Waals surface area contributed by atoms with Crippen LogP contribution in [0.15, 0.2) is 42.5 Å². The smallest absolute Gasteiger partial charge is 0.256 e. The first kappa shape index (κ1) is 15.8. The number of nitrogens with one attached hydrogen (secondary N) is 1. The Hall–Kier alpha value is -2.11. The molecular formula is C16H11Cl2FN2O2. The van der Waals surface area contributed by atoms with E-state index < -0.39 is 23.7 Å². The Balaban J connectivity index is 1.89. The number of carbonyl (C=O) groups excluding carboxylic acids is 2. The quantitative estimate of drug-likeness (QED) is 0.852. The van der Waals surface area contributed by atoms with Crippen LogP contribution in [0.25, 0.3) is 0 Å². The molecule has 0 unspecified atom stereocenters. The van der Waals surface area contributed by atoms with Gasteiger partial charge in [0, 0.05) is 0 Å². The van der Waals surface area contributed by atoms with Gasteiger partial charge in [-0.3, -0.25) is 9.59 Å². The van der Waals surface area contributed by atoms with Crippen molar-refractivity contribution in [3.05, 3.63) is 58.3 Å². The molecule has 4 nitrogen and oxygen atoms in total. The van der Waals surface area contributed by atoms with Gasteiger partial charge in [-0.25, -0.2) is 9.29 Å². The zero-order chi connectivity index (χ0) is 16.6. The zero-order valence-electron chi connectivity index (χ0n) is 11.7. The van der Waals surface area contributed by atoms with Gasteiger partial charge in [0.05, 0.1) is 27.8 Å². The molecule has 2 aromatic carbocycles. The monoisotopic (exact) mass is 352 g/mol. The number of halogens is 3. The Morgan fingerprint density at radius 2 is 1.83 bits per heavy atom. The Labute approximate surface area is 141 Å². The van der Waals surface area contributed by atoms with Gasteiger partial charge < -0.3 is 5.32 Å². The second-order valence-electron chi connectivity index (χ2n) is 5.02. The Bertz CT molecular complexity index is 797. The van der Waals surface area contributed by atoms with Gasteiger partial charge in [0.2, 0.25) is 5.91 Å². The fourth-order valence-electron chi connectivity index (χ4n) is 2.43. The van der Waals surface area contributed by atoms with Crippen molar-refractivity contribution >= 4 is 46.4 Å². The molecule has 118 valence electrons. The second kappa shape index (κ2) is 6.18. The number of imide groups is 1. The normalized spacial score (nSPS) is 17.7. The van der Waals surface area contributed by atoms with Gasteiger partial charge in [-0.15, -0.1) is 0 Å². The maximum absolute atomic E-state index is 13.7. The highest BCUT2D eigenvalue weighted by Gasteiger charge is 2.40. The summed E-state index contributed by atoms with van der Waals surface area (Å²) in [6.07, 6.45) is -0.0873. The lowest BCUT2D eigenvalue weighted by Crippen LogP contribution is -2.35. The summed E-state index contributed by atoms with van der Waals surface area (Å²) in [6.45, 7) is 0. The highest BCUT2D eigenvalue weighted by Crippen LogP contribution is 2.35. The van der Waals surface area contributed by atoms with Gasteiger partial charge in [-0.05, 0) is 24.3 Å². The van der Waals surface area contributed by atoms with E-state index in [9.17, 15) is 14.0 Å². The van der Waals surface area contributed by atoms with Crippen LogP contribution in [0.2, 0.25) is 10.0 Å². The van der Waals surface area contributed by atoms with E-state index in [-0.39, 0.29) is 27.8 Å². The van der Waals surface area contributed by atoms with E-state index in [0.717, 1.165) is 4.90 Å². The predicted molar refractivity (Wildman–Crippen MR) is 87.4 cm³/mol. The van der Waals surface area contributed by atoms with Crippen molar-refractivity contribution in [1.82, 2.24) is 0 Å². The van der Waals surface area contributed by atoms with Gasteiger partial charge in [0.1, 0.15) is 11.9 Å². The molecule has 3 rings (SSSR count). The predicted octanol–water partition coefficient (Wildman–Crippen LogP) is 3.88. The molecule has 1 fully saturated rings. The molecule has 0 radical (unpaired) electrons. The van der Waals surface area contributed by atoms with Crippen LogP contribution >= 0.6 is 23.2 Å². The molecule has 0 spiro atoms. The minimum absolute atomic E-state index is 0.0873. The van der Waals surface area contributed by atoms with E-state index in [1.807, 2.05) is 0 Å². The largest absolute Gasteiger partial charge is 0.371 e. The highest BCUT2D eigenvalue weighted by atomic mass is 35.5. The maximum Gasteiger partial charge on any atom is 0.256 e. The van der Waals surface area contributed by atoms with E-state index >= 15 is 0 Å². The first-order chi connectivity index (χ1) is 11.0. The third-order valence-corrected chi connectivity index (χ3v) is 4.33. The molecule has 0 aromatic heterocycles. The summed E-state index contributed by atoms with van der Waals surface area (Å²) in [4.78, 5) is 25.7. The first-order valence-corrected chi connectivity index (χ1v) is 7.56. The minimum atomic E-state index is -0.852. The molecule has 2 aromatic rings. The fourth-order valence-corrected chi connectivity index (χ4v) is 2.81. The molecule has 23 heavy (non-hydrogen) atoms. The molecule has 1 saturated heterocycles. The Morgan fingerprint density at radius 1 is 1.09 bits per heavy atom. The van der Waals surface area contributed by atoms with Crippen molar-refractivity contribution in [2.45, 2.75) is 12.5 Å². The topological polar surface area (TPSA) is 49.4 Å². The number of para-hydroxylation sites is 1. The lowest BCUT2D eigenvalue weighted by Gasteiger charge is -2.18. The number of amides is 2. The summed E-state index contributed by atoms with van der Waals surface area (Å²) < 4.78 is 13.7. The van der Waals surface area contributed by atoms with Crippen molar-refractivity contribution < 1.29 is 14.0 Å². The molecule has 1 heterocycles. The van der Waals surface area contributed by atoms with Crippen LogP contribution < -0.4 is 10.2 Å². The lowest BCUT2D eigenvalue weighted by molar-refractivity contribution is -0.121. The molecule has 2 amide bonds. The molecule has 1 aliphatic heterocycles. The molecule has 0 aliphatic carbocycles. The van der Waals surface area contributed by atoms with Crippen LogP contribution in [0.1, 0.15) is 6.42 Å². The number of rotatable bonds is 3. The van der Waals surface area contributed by atoms with Crippen molar-refractivity contribution in [2.24, 2.45) is 0 Å². The van der Waals surface area contributed by atoms with Gasteiger partial charge in [0.15, 0.2) is 0 Å². The average Bonchev–Trinajstić information content (AvgIpc) is 2.79. The summed E-state index contributed by atoms with van der Waals surface area (Å²) in [5, 5.41) is 3.13. The average molecular weight is 353 g/mol. The third-order valence-electron chi connectivity index (χ3n) is 3.52. The van der Waals surface area contributed by atoms with Crippen LogP contribution in [-0.2, 0) is 9.59 Å². The molecule has 1 atom stereocenters. The lowest BCUT2D eigenvalue weighted by atomic mass is 10.2. The molecule has 0 bridgehead atoms. The number of carbonyl (C=O) groups is 2. The summed E-state index contributed by atoms with van der Waals surface area (Å²) in [6, 6.07) is 9.80. The van der Waals surface area contributed by atoms with Crippen molar-refractivity contribution in [3.8, 4) is 0 Å². The number of hydrogen-bond acceptors (Lipinski definition) is 3. The summed E-state index contributed by atoms with van der Waals surface area (Å²) >= 11 is 12.0. The fraction of sp³-hybridized carbons (Fsp3) is 0.125. The van der Waals surface area contributed by atoms with Gasteiger partial charge in [0.25, 0.3) is 5.91 Å². The number of nitrogens with zero attached hydrogens (tertiary/aromatic N) is 1. The number of benzene rings is 2. The molecule has 1 N–H and O–H groups in total. The SMILES string of the molecule is O=C1C[C@H](Nc2ccccc2F)C(=O)N1c1cccc(Cl)c1Cl. The van der Waals surface area contributed by atoms with Gasteiger partial charge in [-0.1, -0.05) is 41.4 Å². The van der Waals surface area contributed by atoms with Crippen LogP contribution in [0, 0.1) is 5.82 Å². The zero-order valence-corrected chi connectivity index (χ0v) is 13.2. The van der Waals surface area contributed by atoms with E-state index in [1.54, 1.807) is 24.3 Å². The van der Waals surface area contributed by atoms with E-state index in [4.69, 9.17) is 23.2 Å². The van der Waals surface area contributed by atoms with Gasteiger partial charge >= 0.3 is 0 Å². The van der Waals surface area contributed by atoms with Gasteiger partial charge in [-0.2, -0.15) is 0 Å². The Kier molecular flexibility index (Phi) is 4.24. The van der Waals surface area contributed by atoms with Crippen LogP contribution in [0.5, 0.6) is 0 Å². The van der Waals surface area contributed by atoms with Crippen LogP contribution in [0.4, 0.5) is 15.8 Å². The Morgan fingerprint density at radius 3 is 2.57 bits per heavy atom. The van der Waals surface area contributed by atoms with Crippen molar-refractivity contribution in [2.75, 3.05) is 10.2 Å². The van der Waals surface area contributed by atoms with Crippen molar-refractivity contribution in [3.63, 3.8) is 0 Å². The molecule has 1 aliphatic rings. The maximum atomic E-state index is 13.7. The van der Waals surface area contributed by atoms with Crippen LogP contribution in [0.3, 0.4) is 0 Å². The standard InChI is InChI=1S/C16H11Cl2FN2O2/c17-9-4-3-7-13(15(9)18)21-14(22)8-12(16(21)23)20-11-6-2-1-5-10(11)19/h1-7,12,20H,8H2/t12-/m0/s1. The van der Waals surface area contributed by atoms with Crippen LogP contribution in [-0.4, -0.2) is 17.9 Å². The first-order valence-electron chi connectivity index (χ1n) is 6.81.